The molecule has 0 spiro atoms. The minimum Gasteiger partial charge on any atom is -0.399 e. The molecule has 0 saturated carbocycles. The summed E-state index contributed by atoms with van der Waals surface area (Å²) in [6, 6.07) is 4.23. The molecule has 1 amide bonds. The lowest BCUT2D eigenvalue weighted by Crippen LogP contribution is -2.48. The van der Waals surface area contributed by atoms with E-state index in [9.17, 15) is 13.2 Å². The number of ether oxygens (including phenoxy) is 1. The van der Waals surface area contributed by atoms with Crippen LogP contribution in [0.5, 0.6) is 0 Å². The molecule has 21 heavy (non-hydrogen) atoms. The Bertz CT molecular complexity index is 647. The zero-order valence-electron chi connectivity index (χ0n) is 12.4. The molecule has 0 radical (unpaired) electrons. The van der Waals surface area contributed by atoms with Crippen LogP contribution in [-0.4, -0.2) is 50.8 Å². The van der Waals surface area contributed by atoms with E-state index in [-0.39, 0.29) is 34.3 Å². The van der Waals surface area contributed by atoms with Gasteiger partial charge in [-0.2, -0.15) is 0 Å². The van der Waals surface area contributed by atoms with Crippen molar-refractivity contribution in [1.29, 1.82) is 0 Å². The average Bonchev–Trinajstić information content (AvgIpc) is 2.35. The molecule has 0 aromatic heterocycles. The third-order valence-corrected chi connectivity index (χ3v) is 4.40. The minimum absolute atomic E-state index is 0.0480. The van der Waals surface area contributed by atoms with Gasteiger partial charge in [0.25, 0.3) is 5.91 Å². The quantitative estimate of drug-likeness (QED) is 0.820. The number of nitrogens with zero attached hydrogens (tertiary/aromatic N) is 1. The predicted molar refractivity (Wildman–Crippen MR) is 79.9 cm³/mol. The number of hydrogen-bond acceptors (Lipinski definition) is 5. The molecule has 0 aliphatic carbocycles. The van der Waals surface area contributed by atoms with Gasteiger partial charge in [-0.25, -0.2) is 8.42 Å². The summed E-state index contributed by atoms with van der Waals surface area (Å²) in [4.78, 5) is 14.3. The number of hydrogen-bond donors (Lipinski definition) is 1. The van der Waals surface area contributed by atoms with Crippen LogP contribution in [0.1, 0.15) is 24.2 Å². The molecule has 7 heteroatoms. The third-order valence-electron chi connectivity index (χ3n) is 3.31. The summed E-state index contributed by atoms with van der Waals surface area (Å²) in [7, 11) is -3.41. The second-order valence-corrected chi connectivity index (χ2v) is 7.55. The Morgan fingerprint density at radius 2 is 1.81 bits per heavy atom. The first-order chi connectivity index (χ1) is 9.66. The van der Waals surface area contributed by atoms with Crippen molar-refractivity contribution in [3.05, 3.63) is 23.8 Å². The van der Waals surface area contributed by atoms with Gasteiger partial charge in [0.15, 0.2) is 9.84 Å². The SMILES string of the molecule is C[C@@H]1CN(C(=O)c2cc(N)cc(S(C)(=O)=O)c2)C[C@H](C)O1. The molecule has 1 aromatic carbocycles. The van der Waals surface area contributed by atoms with Crippen molar-refractivity contribution in [3.8, 4) is 0 Å². The number of anilines is 1. The van der Waals surface area contributed by atoms with Crippen molar-refractivity contribution in [1.82, 2.24) is 4.90 Å². The van der Waals surface area contributed by atoms with Crippen molar-refractivity contribution in [2.45, 2.75) is 31.0 Å². The lowest BCUT2D eigenvalue weighted by Gasteiger charge is -2.35. The van der Waals surface area contributed by atoms with Crippen molar-refractivity contribution in [2.75, 3.05) is 25.1 Å². The maximum atomic E-state index is 12.5. The summed E-state index contributed by atoms with van der Waals surface area (Å²) >= 11 is 0. The zero-order valence-corrected chi connectivity index (χ0v) is 13.2. The van der Waals surface area contributed by atoms with Crippen LogP contribution >= 0.6 is 0 Å². The average molecular weight is 312 g/mol. The molecule has 2 N–H and O–H groups in total. The van der Waals surface area contributed by atoms with Crippen LogP contribution in [0.25, 0.3) is 0 Å². The largest absolute Gasteiger partial charge is 0.399 e. The Balaban J connectivity index is 2.33. The van der Waals surface area contributed by atoms with Crippen molar-refractivity contribution in [3.63, 3.8) is 0 Å². The van der Waals surface area contributed by atoms with Crippen LogP contribution in [-0.2, 0) is 14.6 Å². The monoisotopic (exact) mass is 312 g/mol. The highest BCUT2D eigenvalue weighted by molar-refractivity contribution is 7.90. The van der Waals surface area contributed by atoms with E-state index in [1.807, 2.05) is 13.8 Å². The Hall–Kier alpha value is -1.60. The van der Waals surface area contributed by atoms with Crippen LogP contribution in [0.3, 0.4) is 0 Å². The second-order valence-electron chi connectivity index (χ2n) is 5.53. The van der Waals surface area contributed by atoms with Gasteiger partial charge in [0, 0.05) is 30.6 Å². The highest BCUT2D eigenvalue weighted by atomic mass is 32.2. The van der Waals surface area contributed by atoms with Gasteiger partial charge in [0.2, 0.25) is 0 Å². The number of carbonyl (C=O) groups is 1. The molecular formula is C14H20N2O4S. The van der Waals surface area contributed by atoms with Gasteiger partial charge < -0.3 is 15.4 Å². The number of nitrogens with two attached hydrogens (primary N) is 1. The van der Waals surface area contributed by atoms with Crippen LogP contribution in [0.4, 0.5) is 5.69 Å². The molecule has 1 fully saturated rings. The van der Waals surface area contributed by atoms with Crippen molar-refractivity contribution in [2.24, 2.45) is 0 Å². The molecule has 6 nitrogen and oxygen atoms in total. The number of morpholine rings is 1. The lowest BCUT2D eigenvalue weighted by molar-refractivity contribution is -0.0586. The topological polar surface area (TPSA) is 89.7 Å². The van der Waals surface area contributed by atoms with Crippen molar-refractivity contribution >= 4 is 21.4 Å². The molecule has 1 aromatic rings. The molecule has 0 unspecified atom stereocenters. The first-order valence-corrected chi connectivity index (χ1v) is 8.61. The van der Waals surface area contributed by atoms with E-state index in [2.05, 4.69) is 0 Å². The number of benzene rings is 1. The fraction of sp³-hybridized carbons (Fsp3) is 0.500. The fourth-order valence-corrected chi connectivity index (χ4v) is 3.18. The van der Waals surface area contributed by atoms with E-state index in [4.69, 9.17) is 10.5 Å². The maximum Gasteiger partial charge on any atom is 0.254 e. The van der Waals surface area contributed by atoms with E-state index in [0.717, 1.165) is 6.26 Å². The van der Waals surface area contributed by atoms with Gasteiger partial charge in [-0.05, 0) is 32.0 Å². The van der Waals surface area contributed by atoms with E-state index >= 15 is 0 Å². The Morgan fingerprint density at radius 3 is 2.33 bits per heavy atom. The lowest BCUT2D eigenvalue weighted by atomic mass is 10.1. The number of nitrogen functional groups attached to an aromatic ring is 1. The first kappa shape index (κ1) is 15.8. The van der Waals surface area contributed by atoms with Gasteiger partial charge in [-0.1, -0.05) is 0 Å². The highest BCUT2D eigenvalue weighted by Gasteiger charge is 2.27. The van der Waals surface area contributed by atoms with Crippen LogP contribution < -0.4 is 5.73 Å². The van der Waals surface area contributed by atoms with Gasteiger partial charge in [0.1, 0.15) is 0 Å². The molecule has 1 aliphatic rings. The molecule has 1 heterocycles. The molecule has 0 bridgehead atoms. The summed E-state index contributed by atoms with van der Waals surface area (Å²) in [6.07, 6.45) is 0.996. The van der Waals surface area contributed by atoms with Crippen LogP contribution in [0.15, 0.2) is 23.1 Å². The van der Waals surface area contributed by atoms with Gasteiger partial charge in [0.05, 0.1) is 17.1 Å². The molecule has 1 saturated heterocycles. The Labute approximate surface area is 124 Å². The van der Waals surface area contributed by atoms with E-state index < -0.39 is 9.84 Å². The number of rotatable bonds is 2. The second kappa shape index (κ2) is 5.65. The predicted octanol–water partition coefficient (Wildman–Crippen LogP) is 0.922. The Kier molecular flexibility index (Phi) is 4.25. The minimum atomic E-state index is -3.41. The van der Waals surface area contributed by atoms with E-state index in [0.29, 0.717) is 13.1 Å². The maximum absolute atomic E-state index is 12.5. The van der Waals surface area contributed by atoms with Crippen LogP contribution in [0.2, 0.25) is 0 Å². The van der Waals surface area contributed by atoms with Crippen molar-refractivity contribution < 1.29 is 17.9 Å². The number of amides is 1. The zero-order chi connectivity index (χ0) is 15.8. The van der Waals surface area contributed by atoms with Gasteiger partial charge in [-0.3, -0.25) is 4.79 Å². The summed E-state index contributed by atoms with van der Waals surface area (Å²) < 4.78 is 28.9. The molecular weight excluding hydrogens is 292 g/mol. The standard InChI is InChI=1S/C14H20N2O4S/c1-9-7-16(8-10(2)20-9)14(17)11-4-12(15)6-13(5-11)21(3,18)19/h4-6,9-10H,7-8,15H2,1-3H3/t9-,10+. The Morgan fingerprint density at radius 1 is 1.24 bits per heavy atom. The fourth-order valence-electron chi connectivity index (χ4n) is 2.49. The van der Waals surface area contributed by atoms with E-state index in [1.165, 1.54) is 18.2 Å². The summed E-state index contributed by atoms with van der Waals surface area (Å²) in [5.41, 5.74) is 6.27. The van der Waals surface area contributed by atoms with Crippen LogP contribution in [0, 0.1) is 0 Å². The first-order valence-electron chi connectivity index (χ1n) is 6.72. The molecule has 1 aliphatic heterocycles. The number of carbonyl (C=O) groups excluding carboxylic acids is 1. The smallest absolute Gasteiger partial charge is 0.254 e. The normalized spacial score (nSPS) is 23.1. The molecule has 2 atom stereocenters. The van der Waals surface area contributed by atoms with Gasteiger partial charge >= 0.3 is 0 Å². The summed E-state index contributed by atoms with van der Waals surface area (Å²) in [5, 5.41) is 0. The van der Waals surface area contributed by atoms with Gasteiger partial charge in [-0.15, -0.1) is 0 Å². The molecule has 2 rings (SSSR count). The highest BCUT2D eigenvalue weighted by Crippen LogP contribution is 2.20. The number of sulfone groups is 1. The third kappa shape index (κ3) is 3.74. The van der Waals surface area contributed by atoms with E-state index in [1.54, 1.807) is 4.90 Å². The summed E-state index contributed by atoms with van der Waals surface area (Å²) in [5.74, 6) is -0.228. The summed E-state index contributed by atoms with van der Waals surface area (Å²) in [6.45, 7) is 4.76. The molecule has 116 valence electrons.